The van der Waals surface area contributed by atoms with E-state index in [1.165, 1.54) is 108 Å². The summed E-state index contributed by atoms with van der Waals surface area (Å²) in [6.07, 6.45) is 26.3. The van der Waals surface area contributed by atoms with Gasteiger partial charge in [-0.3, -0.25) is 75.8 Å². The van der Waals surface area contributed by atoms with Gasteiger partial charge in [0.25, 0.3) is 5.91 Å². The summed E-state index contributed by atoms with van der Waals surface area (Å²) in [6, 6.07) is 0. The highest BCUT2D eigenvalue weighted by Gasteiger charge is 2.42. The number of Topliss-reactive ketones (excluding diaryl/α,β-unsaturated/α-hetero) is 2. The second-order valence-electron chi connectivity index (χ2n) is 33.4. The Balaban J connectivity index is 0. The van der Waals surface area contributed by atoms with E-state index in [1.54, 1.807) is 27.9 Å². The van der Waals surface area contributed by atoms with E-state index in [-0.39, 0.29) is 71.8 Å². The number of aldehydes is 1. The largest absolute Gasteiger partial charge is 0.481 e. The molecule has 21 atom stereocenters. The smallest absolute Gasteiger partial charge is 0.314 e. The van der Waals surface area contributed by atoms with Crippen LogP contribution in [-0.4, -0.2) is 258 Å². The molecule has 114 heavy (non-hydrogen) atoms. The topological polar surface area (TPSA) is 258 Å². The number of carboxylic acids is 1. The Labute approximate surface area is 719 Å². The van der Waals surface area contributed by atoms with Crippen molar-refractivity contribution in [3.8, 4) is 0 Å². The van der Waals surface area contributed by atoms with E-state index >= 15 is 0 Å². The molecule has 2 amide bonds. The molecule has 25 nitrogen and oxygen atoms in total. The first-order valence-electron chi connectivity index (χ1n) is 40.7. The maximum atomic E-state index is 12.2. The van der Waals surface area contributed by atoms with E-state index in [1.807, 2.05) is 27.7 Å². The molecule has 9 aliphatic rings. The second-order valence-corrected chi connectivity index (χ2v) is 41.6. The van der Waals surface area contributed by atoms with Crippen LogP contribution in [0.25, 0.3) is 0 Å². The molecule has 9 rings (SSSR count). The number of hydrogen-bond donors (Lipinski definition) is 3. The van der Waals surface area contributed by atoms with Crippen molar-refractivity contribution in [1.29, 1.82) is 0 Å². The van der Waals surface area contributed by atoms with Crippen LogP contribution in [0.4, 0.5) is 0 Å². The predicted octanol–water partition coefficient (Wildman–Crippen LogP) is 13.9. The van der Waals surface area contributed by atoms with E-state index < -0.39 is 5.97 Å². The molecule has 37 heteroatoms. The van der Waals surface area contributed by atoms with Crippen LogP contribution in [0, 0.1) is 69.5 Å². The minimum absolute atomic E-state index is 0. The molecule has 0 radical (unpaired) electrons. The molecule has 21 unspecified atom stereocenters. The lowest BCUT2D eigenvalue weighted by atomic mass is 9.72. The fourth-order valence-electron chi connectivity index (χ4n) is 15.4. The van der Waals surface area contributed by atoms with E-state index in [2.05, 4.69) is 150 Å². The van der Waals surface area contributed by atoms with Crippen molar-refractivity contribution in [3.05, 3.63) is 0 Å². The predicted molar refractivity (Wildman–Crippen MR) is 510 cm³/mol. The van der Waals surface area contributed by atoms with Crippen molar-refractivity contribution in [1.82, 2.24) is 52.8 Å². The number of nitrogens with one attached hydrogen (secondary N) is 1. The number of nitrogens with zero attached hydrogens (tertiary/aromatic N) is 10. The quantitative estimate of drug-likeness (QED) is 0.0517. The lowest BCUT2D eigenvalue weighted by molar-refractivity contribution is -0.182. The highest BCUT2D eigenvalue weighted by molar-refractivity contribution is 8.00. The maximum absolute atomic E-state index is 12.2. The molecule has 9 aliphatic heterocycles. The molecule has 0 saturated carbocycles. The molecule has 672 valence electrons. The Hall–Kier alpha value is 1.04. The van der Waals surface area contributed by atoms with Crippen molar-refractivity contribution >= 4 is 158 Å². The third kappa shape index (κ3) is 52.1. The molecular formula is C77H165N11O14P12. The summed E-state index contributed by atoms with van der Waals surface area (Å²) in [5.41, 5.74) is -0.867. The van der Waals surface area contributed by atoms with Gasteiger partial charge in [-0.15, -0.1) is 0 Å². The van der Waals surface area contributed by atoms with Gasteiger partial charge in [-0.1, -0.05) is 136 Å². The van der Waals surface area contributed by atoms with Crippen molar-refractivity contribution in [2.24, 2.45) is 69.5 Å². The Morgan fingerprint density at radius 3 is 1.14 bits per heavy atom. The fourth-order valence-corrected chi connectivity index (χ4v) is 20.4. The standard InChI is InChI=1S/C11H23N2O2P.C10H20NOP.C9H19N2O2P.C9H20NO2P3.C8H16NOP.C7H16NO2P3.C7H14NO2P.C7H14NOP.C7H15NO.2CH4/c1-11(2,10(14)12(3)15-4)9-6-5-7-13(16)8-9;1-8(12)10(2,3)9-5-4-6-11(13)7-9;1-10(13-2)9(12)6-8-4-3-5-11(14)7-8;1-9(2,8(11)12-15-14)7-4-3-5-10(13)6-7;1-7(10)5-8-3-2-4-9(11)6-8;9-7(10-13-12)4-6-2-1-3-8(11)5-6;9-7(10)4-6-2-1-3-8(11)5-6;9-5-3-7-2-1-4-8(10)6-7;9-5-3-7-2-1-4-8-6-7;;/h9H,5-8,16H2,1-4H3;9H,4-7,13H2,1-3H3;8H,3-7,14H2,1-2H3;7,15H,3-6,13-14H2,1-2H3;8H,2-6,11H2,1H3;6,13H,1-5,11-12H2;6H,1-5,11H2,(H,9,10);5,7H,1-4,6,10H2;7-9H,1-6H2;2*1H4. The van der Waals surface area contributed by atoms with Gasteiger partial charge in [0.05, 0.1) is 36.6 Å². The summed E-state index contributed by atoms with van der Waals surface area (Å²) in [5.74, 6) is 4.58. The number of ketones is 2. The molecule has 0 aromatic heterocycles. The maximum Gasteiger partial charge on any atom is 0.314 e. The molecular weight excluding hydrogens is 1670 g/mol. The summed E-state index contributed by atoms with van der Waals surface area (Å²) in [4.78, 5) is 99.3. The Kier molecular flexibility index (Phi) is 68.3. The Bertz CT molecular complexity index is 2600. The lowest BCUT2D eigenvalue weighted by Crippen LogP contribution is -2.46. The zero-order chi connectivity index (χ0) is 84.6. The number of aliphatic hydroxyl groups is 1. The van der Waals surface area contributed by atoms with Gasteiger partial charge in [0.15, 0.2) is 0 Å². The number of aliphatic carboxylic acids is 1. The van der Waals surface area contributed by atoms with Crippen LogP contribution in [-0.2, 0) is 57.1 Å². The van der Waals surface area contributed by atoms with Gasteiger partial charge in [0, 0.05) is 168 Å². The van der Waals surface area contributed by atoms with Crippen molar-refractivity contribution in [2.75, 3.05) is 153 Å². The molecule has 0 bridgehead atoms. The summed E-state index contributed by atoms with van der Waals surface area (Å²) < 4.78 is 27.7. The molecule has 0 aromatic rings. The lowest BCUT2D eigenvalue weighted by Gasteiger charge is -2.40. The summed E-state index contributed by atoms with van der Waals surface area (Å²) >= 11 is 0. The van der Waals surface area contributed by atoms with Crippen LogP contribution in [0.15, 0.2) is 0 Å². The average molecular weight is 1840 g/mol. The minimum atomic E-state index is -0.671. The van der Waals surface area contributed by atoms with Crippen molar-refractivity contribution < 1.29 is 67.3 Å². The van der Waals surface area contributed by atoms with Crippen LogP contribution in [0.2, 0.25) is 0 Å². The Morgan fingerprint density at radius 2 is 0.807 bits per heavy atom. The number of amides is 2. The first-order valence-corrected chi connectivity index (χ1v) is 50.3. The van der Waals surface area contributed by atoms with E-state index in [0.717, 1.165) is 181 Å². The number of hydrogen-bond acceptors (Lipinski definition) is 22. The highest BCUT2D eigenvalue weighted by Crippen LogP contribution is 2.40. The fraction of sp³-hybridized carbons (Fsp3) is 0.896. The van der Waals surface area contributed by atoms with Gasteiger partial charge in [0.1, 0.15) is 17.9 Å². The molecule has 9 saturated heterocycles. The third-order valence-corrected chi connectivity index (χ3v) is 28.1. The number of piperidine rings is 9. The zero-order valence-electron chi connectivity index (χ0n) is 70.7. The first-order chi connectivity index (χ1) is 52.8. The number of carboxylic acid groups (broad SMARTS) is 1. The van der Waals surface area contributed by atoms with Crippen LogP contribution in [0.1, 0.15) is 224 Å². The number of carbonyl (C=O) groups is 8. The molecule has 0 spiro atoms. The number of aliphatic hydroxyl groups excluding tert-OH is 1. The number of hydroxylamine groups is 4. The Morgan fingerprint density at radius 1 is 0.465 bits per heavy atom. The van der Waals surface area contributed by atoms with Gasteiger partial charge < -0.3 is 34.2 Å². The molecule has 9 heterocycles. The monoisotopic (exact) mass is 1840 g/mol. The van der Waals surface area contributed by atoms with Gasteiger partial charge >= 0.3 is 17.9 Å². The van der Waals surface area contributed by atoms with Gasteiger partial charge in [0.2, 0.25) is 5.91 Å². The number of carbonyl (C=O) groups excluding carboxylic acids is 7. The van der Waals surface area contributed by atoms with Crippen LogP contribution < -0.4 is 5.32 Å². The van der Waals surface area contributed by atoms with Gasteiger partial charge in [-0.05, 0) is 216 Å². The first kappa shape index (κ1) is 117. The molecule has 0 aromatic carbocycles. The molecule has 9 fully saturated rings. The SMILES string of the molecule is C.C.CC(=O)C(C)(C)C1CCCN(P)C1.CC(=O)CC1CCCN(P)C1.CC(C)(C(=O)OPP)C1CCCN(P)C1.CON(C)C(=O)C(C)(C)C1CCCN(P)C1.CON(C)C(=O)CC1CCCN(P)C1.O=C(CC1CCCN(P)C1)OPP.O=C(O)CC1CCCN(P)C1.O=CCC1CCCN(P)C1.OCCC1CCCNC1. The number of rotatable bonds is 22. The summed E-state index contributed by atoms with van der Waals surface area (Å²) in [5, 5.41) is 23.1. The molecule has 0 aliphatic carbocycles. The van der Waals surface area contributed by atoms with E-state index in [4.69, 9.17) is 28.9 Å². The second kappa shape index (κ2) is 66.5. The van der Waals surface area contributed by atoms with Gasteiger partial charge in [-0.2, -0.15) is 0 Å². The zero-order valence-corrected chi connectivity index (χ0v) is 84.3. The normalized spacial score (nSPS) is 25.1. The van der Waals surface area contributed by atoms with E-state index in [0.29, 0.717) is 84.8 Å². The third-order valence-electron chi connectivity index (χ3n) is 23.0. The average Bonchev–Trinajstić information content (AvgIpc) is 0.817. The van der Waals surface area contributed by atoms with Crippen molar-refractivity contribution in [2.45, 2.75) is 224 Å². The van der Waals surface area contributed by atoms with Crippen LogP contribution in [0.5, 0.6) is 0 Å². The van der Waals surface area contributed by atoms with Gasteiger partial charge in [-0.25, -0.2) is 10.1 Å². The molecule has 3 N–H and O–H groups in total. The van der Waals surface area contributed by atoms with Crippen LogP contribution >= 0.6 is 110 Å². The van der Waals surface area contributed by atoms with E-state index in [9.17, 15) is 38.4 Å². The van der Waals surface area contributed by atoms with Crippen LogP contribution in [0.3, 0.4) is 0 Å². The van der Waals surface area contributed by atoms with Crippen molar-refractivity contribution in [3.63, 3.8) is 0 Å². The summed E-state index contributed by atoms with van der Waals surface area (Å²) in [7, 11) is 33.2. The summed E-state index contributed by atoms with van der Waals surface area (Å²) in [6.45, 7) is 35.2. The highest BCUT2D eigenvalue weighted by atomic mass is 32.0. The minimum Gasteiger partial charge on any atom is -0.481 e.